The van der Waals surface area contributed by atoms with Crippen molar-refractivity contribution in [2.45, 2.75) is 0 Å². The molecule has 1 aliphatic heterocycles. The second kappa shape index (κ2) is 6.28. The molecule has 0 saturated carbocycles. The summed E-state index contributed by atoms with van der Waals surface area (Å²) in [6, 6.07) is 13.4. The summed E-state index contributed by atoms with van der Waals surface area (Å²) in [4.78, 5) is 17.0. The molecule has 2 aromatic rings. The summed E-state index contributed by atoms with van der Waals surface area (Å²) in [5.74, 6) is -0.538. The predicted octanol–water partition coefficient (Wildman–Crippen LogP) is 2.81. The third-order valence-electron chi connectivity index (χ3n) is 4.08. The normalized spacial score (nSPS) is 15.8. The van der Waals surface area contributed by atoms with Crippen LogP contribution >= 0.6 is 0 Å². The number of hydrogen-bond acceptors (Lipinski definition) is 3. The summed E-state index contributed by atoms with van der Waals surface area (Å²) in [7, 11) is 2.12. The third-order valence-corrected chi connectivity index (χ3v) is 4.08. The van der Waals surface area contributed by atoms with Gasteiger partial charge in [-0.25, -0.2) is 4.39 Å². The Morgan fingerprint density at radius 2 is 1.64 bits per heavy atom. The number of anilines is 1. The number of benzene rings is 2. The number of ketones is 1. The van der Waals surface area contributed by atoms with E-state index >= 15 is 0 Å². The van der Waals surface area contributed by atoms with Crippen molar-refractivity contribution >= 4 is 11.5 Å². The zero-order chi connectivity index (χ0) is 15.5. The Bertz CT molecular complexity index is 661. The third kappa shape index (κ3) is 3.17. The van der Waals surface area contributed by atoms with Gasteiger partial charge in [-0.2, -0.15) is 0 Å². The lowest BCUT2D eigenvalue weighted by atomic mass is 10.0. The summed E-state index contributed by atoms with van der Waals surface area (Å²) >= 11 is 0. The quantitative estimate of drug-likeness (QED) is 0.814. The highest BCUT2D eigenvalue weighted by molar-refractivity contribution is 6.09. The molecule has 1 heterocycles. The Labute approximate surface area is 130 Å². The minimum Gasteiger partial charge on any atom is -0.369 e. The maximum absolute atomic E-state index is 13.2. The molecule has 0 unspecified atom stereocenters. The fourth-order valence-electron chi connectivity index (χ4n) is 2.68. The van der Waals surface area contributed by atoms with Gasteiger partial charge in [0.05, 0.1) is 0 Å². The molecule has 1 saturated heterocycles. The molecule has 3 rings (SSSR count). The van der Waals surface area contributed by atoms with E-state index in [1.165, 1.54) is 12.1 Å². The van der Waals surface area contributed by atoms with Gasteiger partial charge in [0.2, 0.25) is 0 Å². The van der Waals surface area contributed by atoms with Gasteiger partial charge in [0, 0.05) is 43.0 Å². The SMILES string of the molecule is CN1CCN(c2ccc(C(=O)c3cccc(F)c3)cc2)CC1. The predicted molar refractivity (Wildman–Crippen MR) is 86.0 cm³/mol. The lowest BCUT2D eigenvalue weighted by molar-refractivity contribution is 0.103. The zero-order valence-electron chi connectivity index (χ0n) is 12.6. The fraction of sp³-hybridized carbons (Fsp3) is 0.278. The summed E-state index contributed by atoms with van der Waals surface area (Å²) in [5.41, 5.74) is 2.10. The largest absolute Gasteiger partial charge is 0.369 e. The maximum atomic E-state index is 13.2. The molecule has 0 radical (unpaired) electrons. The molecule has 22 heavy (non-hydrogen) atoms. The average molecular weight is 298 g/mol. The number of carbonyl (C=O) groups is 1. The van der Waals surface area contributed by atoms with Crippen LogP contribution in [0.3, 0.4) is 0 Å². The van der Waals surface area contributed by atoms with Crippen LogP contribution in [0.4, 0.5) is 10.1 Å². The first-order valence-corrected chi connectivity index (χ1v) is 7.47. The highest BCUT2D eigenvalue weighted by atomic mass is 19.1. The van der Waals surface area contributed by atoms with E-state index in [4.69, 9.17) is 0 Å². The number of piperazine rings is 1. The zero-order valence-corrected chi connectivity index (χ0v) is 12.6. The van der Waals surface area contributed by atoms with Crippen molar-refractivity contribution in [3.63, 3.8) is 0 Å². The topological polar surface area (TPSA) is 23.6 Å². The van der Waals surface area contributed by atoms with Gasteiger partial charge < -0.3 is 9.80 Å². The van der Waals surface area contributed by atoms with Crippen LogP contribution in [0, 0.1) is 5.82 Å². The van der Waals surface area contributed by atoms with E-state index in [2.05, 4.69) is 16.8 Å². The number of carbonyl (C=O) groups excluding carboxylic acids is 1. The molecular formula is C18H19FN2O. The lowest BCUT2D eigenvalue weighted by Crippen LogP contribution is -2.44. The fourth-order valence-corrected chi connectivity index (χ4v) is 2.68. The van der Waals surface area contributed by atoms with Gasteiger partial charge in [0.1, 0.15) is 5.82 Å². The van der Waals surface area contributed by atoms with Crippen molar-refractivity contribution in [2.75, 3.05) is 38.1 Å². The highest BCUT2D eigenvalue weighted by Gasteiger charge is 2.15. The summed E-state index contributed by atoms with van der Waals surface area (Å²) in [6.45, 7) is 4.08. The van der Waals surface area contributed by atoms with Gasteiger partial charge in [-0.05, 0) is 43.4 Å². The van der Waals surface area contributed by atoms with Crippen LogP contribution in [0.25, 0.3) is 0 Å². The van der Waals surface area contributed by atoms with Crippen LogP contribution in [-0.4, -0.2) is 43.9 Å². The van der Waals surface area contributed by atoms with E-state index in [0.717, 1.165) is 31.9 Å². The molecule has 114 valence electrons. The van der Waals surface area contributed by atoms with Gasteiger partial charge in [0.25, 0.3) is 0 Å². The van der Waals surface area contributed by atoms with Gasteiger partial charge in [-0.1, -0.05) is 12.1 Å². The van der Waals surface area contributed by atoms with Crippen molar-refractivity contribution in [3.05, 3.63) is 65.5 Å². The Kier molecular flexibility index (Phi) is 4.20. The van der Waals surface area contributed by atoms with E-state index in [9.17, 15) is 9.18 Å². The number of likely N-dealkylation sites (N-methyl/N-ethyl adjacent to an activating group) is 1. The van der Waals surface area contributed by atoms with E-state index < -0.39 is 0 Å². The van der Waals surface area contributed by atoms with Gasteiger partial charge in [-0.3, -0.25) is 4.79 Å². The molecule has 0 bridgehead atoms. The molecule has 0 aromatic heterocycles. The van der Waals surface area contributed by atoms with Crippen LogP contribution in [0.1, 0.15) is 15.9 Å². The van der Waals surface area contributed by atoms with Crippen LogP contribution in [0.15, 0.2) is 48.5 Å². The van der Waals surface area contributed by atoms with Crippen molar-refractivity contribution in [1.29, 1.82) is 0 Å². The molecule has 1 aliphatic rings. The summed E-state index contributed by atoms with van der Waals surface area (Å²) in [6.07, 6.45) is 0. The molecule has 1 fully saturated rings. The standard InChI is InChI=1S/C18H19FN2O/c1-20-9-11-21(12-10-20)17-7-5-14(6-8-17)18(22)15-3-2-4-16(19)13-15/h2-8,13H,9-12H2,1H3. The van der Waals surface area contributed by atoms with E-state index in [-0.39, 0.29) is 11.6 Å². The first-order chi connectivity index (χ1) is 10.6. The van der Waals surface area contributed by atoms with Gasteiger partial charge >= 0.3 is 0 Å². The van der Waals surface area contributed by atoms with Gasteiger partial charge in [0.15, 0.2) is 5.78 Å². The highest BCUT2D eigenvalue weighted by Crippen LogP contribution is 2.19. The van der Waals surface area contributed by atoms with Crippen molar-refractivity contribution in [1.82, 2.24) is 4.90 Å². The molecule has 0 atom stereocenters. The Morgan fingerprint density at radius 1 is 0.955 bits per heavy atom. The lowest BCUT2D eigenvalue weighted by Gasteiger charge is -2.34. The Balaban J connectivity index is 1.75. The van der Waals surface area contributed by atoms with Crippen LogP contribution < -0.4 is 4.90 Å². The second-order valence-electron chi connectivity index (χ2n) is 5.68. The minimum absolute atomic E-state index is 0.149. The molecule has 3 nitrogen and oxygen atoms in total. The summed E-state index contributed by atoms with van der Waals surface area (Å²) < 4.78 is 13.2. The molecular weight excluding hydrogens is 279 g/mol. The molecule has 2 aromatic carbocycles. The van der Waals surface area contributed by atoms with Crippen LogP contribution in [0.5, 0.6) is 0 Å². The molecule has 0 amide bonds. The maximum Gasteiger partial charge on any atom is 0.193 e. The number of hydrogen-bond donors (Lipinski definition) is 0. The second-order valence-corrected chi connectivity index (χ2v) is 5.68. The Hall–Kier alpha value is -2.20. The van der Waals surface area contributed by atoms with E-state index in [1.54, 1.807) is 12.1 Å². The molecule has 0 spiro atoms. The average Bonchev–Trinajstić information content (AvgIpc) is 2.55. The van der Waals surface area contributed by atoms with E-state index in [1.807, 2.05) is 24.3 Å². The van der Waals surface area contributed by atoms with Gasteiger partial charge in [-0.15, -0.1) is 0 Å². The van der Waals surface area contributed by atoms with Crippen molar-refractivity contribution < 1.29 is 9.18 Å². The van der Waals surface area contributed by atoms with Crippen LogP contribution in [-0.2, 0) is 0 Å². The monoisotopic (exact) mass is 298 g/mol. The number of nitrogens with zero attached hydrogens (tertiary/aromatic N) is 2. The number of rotatable bonds is 3. The van der Waals surface area contributed by atoms with Crippen molar-refractivity contribution in [3.8, 4) is 0 Å². The van der Waals surface area contributed by atoms with Crippen LogP contribution in [0.2, 0.25) is 0 Å². The smallest absolute Gasteiger partial charge is 0.193 e. The minimum atomic E-state index is -0.389. The molecule has 4 heteroatoms. The first-order valence-electron chi connectivity index (χ1n) is 7.47. The Morgan fingerprint density at radius 3 is 2.27 bits per heavy atom. The molecule has 0 aliphatic carbocycles. The van der Waals surface area contributed by atoms with E-state index in [0.29, 0.717) is 11.1 Å². The molecule has 0 N–H and O–H groups in total. The van der Waals surface area contributed by atoms with Crippen molar-refractivity contribution in [2.24, 2.45) is 0 Å². The summed E-state index contributed by atoms with van der Waals surface area (Å²) in [5, 5.41) is 0. The number of halogens is 1. The first kappa shape index (κ1) is 14.7.